The van der Waals surface area contributed by atoms with Gasteiger partial charge in [0, 0.05) is 10.3 Å². The maximum atomic E-state index is 13.2. The minimum atomic E-state index is 0.0351. The molecule has 5 rings (SSSR count). The van der Waals surface area contributed by atoms with Crippen molar-refractivity contribution in [1.29, 1.82) is 0 Å². The molecule has 1 aliphatic carbocycles. The summed E-state index contributed by atoms with van der Waals surface area (Å²) >= 11 is 3.20. The molecule has 0 fully saturated rings. The molecule has 0 saturated heterocycles. The van der Waals surface area contributed by atoms with Crippen LogP contribution in [0.2, 0.25) is 0 Å². The van der Waals surface area contributed by atoms with Gasteiger partial charge in [-0.1, -0.05) is 6.07 Å². The van der Waals surface area contributed by atoms with Crippen LogP contribution >= 0.6 is 22.7 Å². The first-order valence-electron chi connectivity index (χ1n) is 9.85. The van der Waals surface area contributed by atoms with Crippen molar-refractivity contribution in [3.8, 4) is 22.1 Å². The summed E-state index contributed by atoms with van der Waals surface area (Å²) in [5.41, 5.74) is 2.95. The standard InChI is InChI=1S/C22H21N3O3S2/c1-27-16-8-5-7-15(19(16)28-2)20-24-13(11-29-20)10-25-12-23-21-18(22(25)26)14-6-3-4-9-17(14)30-21/h5,7-8,11-12H,3-4,6,9-10H2,1-2H3. The fourth-order valence-corrected chi connectivity index (χ4v) is 6.08. The van der Waals surface area contributed by atoms with Gasteiger partial charge in [-0.2, -0.15) is 0 Å². The molecule has 4 aromatic rings. The lowest BCUT2D eigenvalue weighted by molar-refractivity contribution is 0.356. The Labute approximate surface area is 181 Å². The van der Waals surface area contributed by atoms with Gasteiger partial charge in [-0.3, -0.25) is 9.36 Å². The lowest BCUT2D eigenvalue weighted by Crippen LogP contribution is -2.21. The number of ether oxygens (including phenoxy) is 2. The number of hydrogen-bond donors (Lipinski definition) is 0. The number of nitrogens with zero attached hydrogens (tertiary/aromatic N) is 3. The zero-order chi connectivity index (χ0) is 20.7. The summed E-state index contributed by atoms with van der Waals surface area (Å²) in [5.74, 6) is 1.32. The predicted molar refractivity (Wildman–Crippen MR) is 120 cm³/mol. The first-order chi connectivity index (χ1) is 14.7. The Balaban J connectivity index is 1.50. The zero-order valence-electron chi connectivity index (χ0n) is 16.8. The second kappa shape index (κ2) is 7.85. The molecule has 0 bridgehead atoms. The van der Waals surface area contributed by atoms with Crippen LogP contribution in [0, 0.1) is 0 Å². The van der Waals surface area contributed by atoms with Crippen LogP contribution in [-0.2, 0) is 19.4 Å². The third-order valence-corrected chi connectivity index (χ3v) is 7.58. The highest BCUT2D eigenvalue weighted by Crippen LogP contribution is 2.39. The maximum Gasteiger partial charge on any atom is 0.262 e. The Bertz CT molecular complexity index is 1290. The molecule has 154 valence electrons. The van der Waals surface area contributed by atoms with Crippen molar-refractivity contribution < 1.29 is 9.47 Å². The Morgan fingerprint density at radius 1 is 1.17 bits per heavy atom. The first-order valence-corrected chi connectivity index (χ1v) is 11.5. The molecule has 1 aliphatic rings. The van der Waals surface area contributed by atoms with Crippen LogP contribution in [0.15, 0.2) is 34.7 Å². The van der Waals surface area contributed by atoms with E-state index in [0.29, 0.717) is 18.0 Å². The number of thiazole rings is 1. The van der Waals surface area contributed by atoms with Crippen LogP contribution in [0.1, 0.15) is 29.0 Å². The van der Waals surface area contributed by atoms with Gasteiger partial charge in [0.1, 0.15) is 9.84 Å². The summed E-state index contributed by atoms with van der Waals surface area (Å²) < 4.78 is 12.6. The van der Waals surface area contributed by atoms with E-state index in [1.54, 1.807) is 36.5 Å². The van der Waals surface area contributed by atoms with Gasteiger partial charge >= 0.3 is 0 Å². The SMILES string of the molecule is COc1cccc(-c2nc(Cn3cnc4sc5c(c4c3=O)CCCC5)cs2)c1OC. The second-order valence-electron chi connectivity index (χ2n) is 7.25. The van der Waals surface area contributed by atoms with Crippen LogP contribution in [0.5, 0.6) is 11.5 Å². The molecule has 0 atom stereocenters. The van der Waals surface area contributed by atoms with Gasteiger partial charge < -0.3 is 9.47 Å². The molecule has 0 aliphatic heterocycles. The lowest BCUT2D eigenvalue weighted by atomic mass is 9.97. The van der Waals surface area contributed by atoms with Crippen LogP contribution in [0.3, 0.4) is 0 Å². The highest BCUT2D eigenvalue weighted by Gasteiger charge is 2.20. The average Bonchev–Trinajstić information content (AvgIpc) is 3.39. The van der Waals surface area contributed by atoms with Gasteiger partial charge in [0.15, 0.2) is 11.5 Å². The molecule has 0 N–H and O–H groups in total. The fraction of sp³-hybridized carbons (Fsp3) is 0.318. The molecule has 1 aromatic carbocycles. The normalized spacial score (nSPS) is 13.4. The summed E-state index contributed by atoms with van der Waals surface area (Å²) in [6.45, 7) is 0.398. The summed E-state index contributed by atoms with van der Waals surface area (Å²) in [6.07, 6.45) is 6.03. The van der Waals surface area contributed by atoms with Gasteiger partial charge in [-0.15, -0.1) is 22.7 Å². The highest BCUT2D eigenvalue weighted by atomic mass is 32.1. The predicted octanol–water partition coefficient (Wildman–Crippen LogP) is 4.53. The third-order valence-electron chi connectivity index (χ3n) is 5.46. The van der Waals surface area contributed by atoms with E-state index in [1.165, 1.54) is 28.2 Å². The van der Waals surface area contributed by atoms with Crippen molar-refractivity contribution in [2.45, 2.75) is 32.2 Å². The molecule has 0 saturated carbocycles. The van der Waals surface area contributed by atoms with E-state index in [0.717, 1.165) is 45.7 Å². The Morgan fingerprint density at radius 2 is 2.03 bits per heavy atom. The second-order valence-corrected chi connectivity index (χ2v) is 9.20. The molecule has 0 spiro atoms. The number of fused-ring (bicyclic) bond motifs is 3. The molecule has 0 amide bonds. The largest absolute Gasteiger partial charge is 0.493 e. The number of methoxy groups -OCH3 is 2. The van der Waals surface area contributed by atoms with Gasteiger partial charge in [-0.25, -0.2) is 9.97 Å². The van der Waals surface area contributed by atoms with Crippen molar-refractivity contribution >= 4 is 32.9 Å². The number of aromatic nitrogens is 3. The van der Waals surface area contributed by atoms with E-state index in [-0.39, 0.29) is 5.56 Å². The number of aryl methyl sites for hydroxylation is 2. The van der Waals surface area contributed by atoms with Crippen LogP contribution < -0.4 is 15.0 Å². The molecule has 0 unspecified atom stereocenters. The van der Waals surface area contributed by atoms with Gasteiger partial charge in [-0.05, 0) is 43.4 Å². The number of thiophene rings is 1. The van der Waals surface area contributed by atoms with E-state index >= 15 is 0 Å². The average molecular weight is 440 g/mol. The van der Waals surface area contributed by atoms with Crippen LogP contribution in [0.4, 0.5) is 0 Å². The van der Waals surface area contributed by atoms with Crippen LogP contribution in [0.25, 0.3) is 20.8 Å². The molecular weight excluding hydrogens is 418 g/mol. The zero-order valence-corrected chi connectivity index (χ0v) is 18.4. The molecule has 6 nitrogen and oxygen atoms in total. The number of para-hydroxylation sites is 1. The summed E-state index contributed by atoms with van der Waals surface area (Å²) in [6, 6.07) is 5.74. The fourth-order valence-electron chi connectivity index (χ4n) is 4.03. The number of benzene rings is 1. The minimum Gasteiger partial charge on any atom is -0.493 e. The van der Waals surface area contributed by atoms with Gasteiger partial charge in [0.25, 0.3) is 5.56 Å². The molecule has 3 aromatic heterocycles. The number of hydrogen-bond acceptors (Lipinski definition) is 7. The molecule has 30 heavy (non-hydrogen) atoms. The van der Waals surface area contributed by atoms with Crippen molar-refractivity contribution in [3.63, 3.8) is 0 Å². The third kappa shape index (κ3) is 3.20. The highest BCUT2D eigenvalue weighted by molar-refractivity contribution is 7.18. The van der Waals surface area contributed by atoms with E-state index in [9.17, 15) is 4.79 Å². The van der Waals surface area contributed by atoms with Gasteiger partial charge in [0.2, 0.25) is 0 Å². The Hall–Kier alpha value is -2.71. The van der Waals surface area contributed by atoms with E-state index in [4.69, 9.17) is 14.5 Å². The summed E-state index contributed by atoms with van der Waals surface area (Å²) in [4.78, 5) is 24.7. The molecule has 0 radical (unpaired) electrons. The minimum absolute atomic E-state index is 0.0351. The summed E-state index contributed by atoms with van der Waals surface area (Å²) in [7, 11) is 3.24. The molecular formula is C22H21N3O3S2. The van der Waals surface area contributed by atoms with Crippen LogP contribution in [-0.4, -0.2) is 28.8 Å². The molecule has 8 heteroatoms. The topological polar surface area (TPSA) is 66.2 Å². The Morgan fingerprint density at radius 3 is 2.87 bits per heavy atom. The Kier molecular flexibility index (Phi) is 5.04. The monoisotopic (exact) mass is 439 g/mol. The quantitative estimate of drug-likeness (QED) is 0.457. The van der Waals surface area contributed by atoms with E-state index in [1.807, 2.05) is 23.6 Å². The van der Waals surface area contributed by atoms with Gasteiger partial charge in [0.05, 0.1) is 43.7 Å². The van der Waals surface area contributed by atoms with Crippen molar-refractivity contribution in [2.75, 3.05) is 14.2 Å². The first kappa shape index (κ1) is 19.3. The van der Waals surface area contributed by atoms with Crippen molar-refractivity contribution in [1.82, 2.24) is 14.5 Å². The maximum absolute atomic E-state index is 13.2. The van der Waals surface area contributed by atoms with E-state index < -0.39 is 0 Å². The van der Waals surface area contributed by atoms with Crippen molar-refractivity contribution in [3.05, 3.63) is 56.4 Å². The summed E-state index contributed by atoms with van der Waals surface area (Å²) in [5, 5.41) is 3.62. The lowest BCUT2D eigenvalue weighted by Gasteiger charge is -2.10. The van der Waals surface area contributed by atoms with Crippen molar-refractivity contribution in [2.24, 2.45) is 0 Å². The smallest absolute Gasteiger partial charge is 0.262 e. The number of rotatable bonds is 5. The molecule has 3 heterocycles. The van der Waals surface area contributed by atoms with E-state index in [2.05, 4.69) is 4.98 Å².